The Morgan fingerprint density at radius 2 is 1.85 bits per heavy atom. The van der Waals surface area contributed by atoms with Crippen molar-refractivity contribution in [1.29, 1.82) is 0 Å². The van der Waals surface area contributed by atoms with Crippen LogP contribution < -0.4 is 4.90 Å². The van der Waals surface area contributed by atoms with Gasteiger partial charge in [0, 0.05) is 16.3 Å². The molecule has 0 bridgehead atoms. The number of aryl methyl sites for hydroxylation is 1. The van der Waals surface area contributed by atoms with E-state index < -0.39 is 0 Å². The molecule has 3 rings (SSSR count). The maximum Gasteiger partial charge on any atom is 0.238 e. The van der Waals surface area contributed by atoms with Gasteiger partial charge in [-0.2, -0.15) is 0 Å². The summed E-state index contributed by atoms with van der Waals surface area (Å²) >= 11 is 7.90. The normalized spacial score (nSPS) is 18.6. The smallest absolute Gasteiger partial charge is 0.238 e. The first-order chi connectivity index (χ1) is 9.66. The molecule has 1 amide bonds. The average Bonchev–Trinajstić information content (AvgIpc) is 2.82. The maximum absolute atomic E-state index is 12.2. The van der Waals surface area contributed by atoms with Gasteiger partial charge in [0.15, 0.2) is 0 Å². The highest BCUT2D eigenvalue weighted by Crippen LogP contribution is 2.43. The van der Waals surface area contributed by atoms with Gasteiger partial charge in [0.05, 0.1) is 5.75 Å². The maximum atomic E-state index is 12.2. The van der Waals surface area contributed by atoms with Crippen LogP contribution in [0.4, 0.5) is 5.69 Å². The largest absolute Gasteiger partial charge is 0.295 e. The summed E-state index contributed by atoms with van der Waals surface area (Å²) in [5.74, 6) is 0.618. The fourth-order valence-corrected chi connectivity index (χ4v) is 3.83. The van der Waals surface area contributed by atoms with Gasteiger partial charge in [0.1, 0.15) is 5.37 Å². The summed E-state index contributed by atoms with van der Waals surface area (Å²) in [6, 6.07) is 15.7. The van der Waals surface area contributed by atoms with Gasteiger partial charge in [-0.3, -0.25) is 9.69 Å². The molecule has 0 spiro atoms. The van der Waals surface area contributed by atoms with Gasteiger partial charge < -0.3 is 0 Å². The molecule has 2 aromatic carbocycles. The standard InChI is InChI=1S/C16H14ClNOS/c1-11-6-8-12(9-7-11)18-15(19)10-20-16(18)13-4-2-3-5-14(13)17/h2-9,16H,10H2,1H3/t16-/m1/s1. The molecule has 2 aromatic rings. The Labute approximate surface area is 127 Å². The quantitative estimate of drug-likeness (QED) is 0.818. The van der Waals surface area contributed by atoms with Crippen molar-refractivity contribution in [2.75, 3.05) is 10.7 Å². The molecule has 1 saturated heterocycles. The monoisotopic (exact) mass is 303 g/mol. The highest BCUT2D eigenvalue weighted by atomic mass is 35.5. The van der Waals surface area contributed by atoms with Crippen molar-refractivity contribution < 1.29 is 4.79 Å². The fraction of sp³-hybridized carbons (Fsp3) is 0.188. The molecule has 102 valence electrons. The SMILES string of the molecule is Cc1ccc(N2C(=O)CS[C@@H]2c2ccccc2Cl)cc1. The third-order valence-electron chi connectivity index (χ3n) is 3.35. The summed E-state index contributed by atoms with van der Waals surface area (Å²) in [6.07, 6.45) is 0. The minimum Gasteiger partial charge on any atom is -0.295 e. The molecule has 20 heavy (non-hydrogen) atoms. The number of halogens is 1. The van der Waals surface area contributed by atoms with E-state index in [0.29, 0.717) is 10.8 Å². The molecule has 0 aromatic heterocycles. The Balaban J connectivity index is 2.01. The number of carbonyl (C=O) groups is 1. The molecule has 4 heteroatoms. The van der Waals surface area contributed by atoms with E-state index in [0.717, 1.165) is 11.3 Å². The van der Waals surface area contributed by atoms with Crippen LogP contribution >= 0.6 is 23.4 Å². The van der Waals surface area contributed by atoms with Crippen molar-refractivity contribution in [2.24, 2.45) is 0 Å². The number of anilines is 1. The minimum atomic E-state index is -0.0427. The summed E-state index contributed by atoms with van der Waals surface area (Å²) in [4.78, 5) is 14.1. The third kappa shape index (κ3) is 2.43. The van der Waals surface area contributed by atoms with Crippen LogP contribution in [0.25, 0.3) is 0 Å². The summed E-state index contributed by atoms with van der Waals surface area (Å²) in [5, 5.41) is 0.663. The predicted molar refractivity (Wildman–Crippen MR) is 85.3 cm³/mol. The van der Waals surface area contributed by atoms with Crippen LogP contribution in [-0.4, -0.2) is 11.7 Å². The number of nitrogens with zero attached hydrogens (tertiary/aromatic N) is 1. The predicted octanol–water partition coefficient (Wildman–Crippen LogP) is 4.43. The number of benzene rings is 2. The van der Waals surface area contributed by atoms with E-state index in [1.807, 2.05) is 60.4 Å². The summed E-state index contributed by atoms with van der Waals surface area (Å²) in [7, 11) is 0. The molecule has 1 fully saturated rings. The zero-order valence-corrected chi connectivity index (χ0v) is 12.6. The lowest BCUT2D eigenvalue weighted by molar-refractivity contribution is -0.115. The molecular weight excluding hydrogens is 290 g/mol. The first-order valence-electron chi connectivity index (χ1n) is 6.41. The molecule has 0 radical (unpaired) electrons. The second kappa shape index (κ2) is 5.51. The summed E-state index contributed by atoms with van der Waals surface area (Å²) in [5.41, 5.74) is 3.10. The van der Waals surface area contributed by atoms with Gasteiger partial charge in [-0.05, 0) is 25.1 Å². The van der Waals surface area contributed by atoms with E-state index in [1.54, 1.807) is 11.8 Å². The molecule has 1 atom stereocenters. The van der Waals surface area contributed by atoms with Crippen LogP contribution in [0.5, 0.6) is 0 Å². The van der Waals surface area contributed by atoms with Gasteiger partial charge in [-0.25, -0.2) is 0 Å². The van der Waals surface area contributed by atoms with Crippen LogP contribution in [0, 0.1) is 6.92 Å². The van der Waals surface area contributed by atoms with E-state index in [1.165, 1.54) is 5.56 Å². The van der Waals surface area contributed by atoms with Crippen molar-refractivity contribution in [2.45, 2.75) is 12.3 Å². The van der Waals surface area contributed by atoms with Crippen LogP contribution in [-0.2, 0) is 4.79 Å². The van der Waals surface area contributed by atoms with Crippen molar-refractivity contribution in [3.63, 3.8) is 0 Å². The molecule has 0 unspecified atom stereocenters. The number of amides is 1. The van der Waals surface area contributed by atoms with E-state index in [2.05, 4.69) is 0 Å². The second-order valence-electron chi connectivity index (χ2n) is 4.78. The molecule has 1 aliphatic heterocycles. The lowest BCUT2D eigenvalue weighted by Crippen LogP contribution is -2.27. The Bertz CT molecular complexity index is 641. The fourth-order valence-electron chi connectivity index (χ4n) is 2.31. The van der Waals surface area contributed by atoms with E-state index >= 15 is 0 Å². The highest BCUT2D eigenvalue weighted by molar-refractivity contribution is 8.00. The zero-order valence-electron chi connectivity index (χ0n) is 11.0. The van der Waals surface area contributed by atoms with Crippen LogP contribution in [0.3, 0.4) is 0 Å². The second-order valence-corrected chi connectivity index (χ2v) is 6.26. The Kier molecular flexibility index (Phi) is 3.72. The van der Waals surface area contributed by atoms with E-state index in [9.17, 15) is 4.79 Å². The number of thioether (sulfide) groups is 1. The minimum absolute atomic E-state index is 0.0427. The summed E-state index contributed by atoms with van der Waals surface area (Å²) < 4.78 is 0. The molecule has 1 heterocycles. The summed E-state index contributed by atoms with van der Waals surface area (Å²) in [6.45, 7) is 2.04. The van der Waals surface area contributed by atoms with Crippen LogP contribution in [0.2, 0.25) is 5.02 Å². The van der Waals surface area contributed by atoms with E-state index in [4.69, 9.17) is 11.6 Å². The van der Waals surface area contributed by atoms with Crippen molar-refractivity contribution in [3.8, 4) is 0 Å². The van der Waals surface area contributed by atoms with Gasteiger partial charge in [-0.15, -0.1) is 11.8 Å². The highest BCUT2D eigenvalue weighted by Gasteiger charge is 2.34. The molecule has 0 aliphatic carbocycles. The number of carbonyl (C=O) groups excluding carboxylic acids is 1. The topological polar surface area (TPSA) is 20.3 Å². The Hall–Kier alpha value is -1.45. The number of hydrogen-bond acceptors (Lipinski definition) is 2. The third-order valence-corrected chi connectivity index (χ3v) is 4.89. The molecular formula is C16H14ClNOS. The van der Waals surface area contributed by atoms with Crippen molar-refractivity contribution in [1.82, 2.24) is 0 Å². The van der Waals surface area contributed by atoms with Crippen molar-refractivity contribution in [3.05, 3.63) is 64.7 Å². The van der Waals surface area contributed by atoms with Crippen LogP contribution in [0.15, 0.2) is 48.5 Å². The number of rotatable bonds is 2. The van der Waals surface area contributed by atoms with Crippen molar-refractivity contribution >= 4 is 35.0 Å². The van der Waals surface area contributed by atoms with E-state index in [-0.39, 0.29) is 11.3 Å². The number of hydrogen-bond donors (Lipinski definition) is 0. The van der Waals surface area contributed by atoms with Gasteiger partial charge >= 0.3 is 0 Å². The average molecular weight is 304 g/mol. The lowest BCUT2D eigenvalue weighted by Gasteiger charge is -2.25. The first kappa shape index (κ1) is 13.5. The Morgan fingerprint density at radius 3 is 2.55 bits per heavy atom. The molecule has 0 N–H and O–H groups in total. The molecule has 0 saturated carbocycles. The Morgan fingerprint density at radius 1 is 1.15 bits per heavy atom. The molecule has 2 nitrogen and oxygen atoms in total. The lowest BCUT2D eigenvalue weighted by atomic mass is 10.1. The van der Waals surface area contributed by atoms with Gasteiger partial charge in [-0.1, -0.05) is 47.5 Å². The van der Waals surface area contributed by atoms with Gasteiger partial charge in [0.25, 0.3) is 0 Å². The molecule has 1 aliphatic rings. The first-order valence-corrected chi connectivity index (χ1v) is 7.84. The van der Waals surface area contributed by atoms with Gasteiger partial charge in [0.2, 0.25) is 5.91 Å². The van der Waals surface area contributed by atoms with Crippen LogP contribution in [0.1, 0.15) is 16.5 Å². The zero-order chi connectivity index (χ0) is 14.1.